The van der Waals surface area contributed by atoms with Crippen LogP contribution < -0.4 is 5.14 Å². The van der Waals surface area contributed by atoms with Crippen LogP contribution in [0, 0.1) is 12.7 Å². The van der Waals surface area contributed by atoms with Crippen molar-refractivity contribution in [2.75, 3.05) is 0 Å². The van der Waals surface area contributed by atoms with Crippen molar-refractivity contribution < 1.29 is 12.8 Å². The Morgan fingerprint density at radius 3 is 2.58 bits per heavy atom. The van der Waals surface area contributed by atoms with E-state index in [0.717, 1.165) is 23.3 Å². The first-order valence-electron chi connectivity index (χ1n) is 7.06. The molecule has 0 atom stereocenters. The van der Waals surface area contributed by atoms with E-state index in [1.807, 2.05) is 13.0 Å². The van der Waals surface area contributed by atoms with Crippen LogP contribution in [-0.4, -0.2) is 18.4 Å². The second-order valence-electron chi connectivity index (χ2n) is 5.34. The number of benzene rings is 1. The minimum absolute atomic E-state index is 0.0682. The number of nitrogens with zero attached hydrogens (tertiary/aromatic N) is 2. The molecule has 7 heteroatoms. The zero-order chi connectivity index (χ0) is 17.3. The number of pyridine rings is 2. The van der Waals surface area contributed by atoms with Crippen molar-refractivity contribution in [3.8, 4) is 22.4 Å². The second kappa shape index (κ2) is 6.10. The van der Waals surface area contributed by atoms with Gasteiger partial charge in [-0.05, 0) is 42.8 Å². The number of halogens is 1. The van der Waals surface area contributed by atoms with Gasteiger partial charge in [-0.25, -0.2) is 17.9 Å². The van der Waals surface area contributed by atoms with Crippen molar-refractivity contribution in [1.82, 2.24) is 9.97 Å². The molecular formula is C17H14FN3O2S. The summed E-state index contributed by atoms with van der Waals surface area (Å²) in [6.45, 7) is 1.90. The highest BCUT2D eigenvalue weighted by molar-refractivity contribution is 7.89. The largest absolute Gasteiger partial charge is 0.264 e. The summed E-state index contributed by atoms with van der Waals surface area (Å²) in [4.78, 5) is 8.20. The predicted octanol–water partition coefficient (Wildman–Crippen LogP) is 2.91. The molecule has 2 heterocycles. The van der Waals surface area contributed by atoms with Crippen LogP contribution in [0.2, 0.25) is 0 Å². The predicted molar refractivity (Wildman–Crippen MR) is 89.0 cm³/mol. The molecule has 0 aliphatic carbocycles. The van der Waals surface area contributed by atoms with Gasteiger partial charge in [0.25, 0.3) is 0 Å². The SMILES string of the molecule is Cc1cncc(-c2cccnc2-c2cc(S(N)(=O)=O)ccc2F)c1. The zero-order valence-electron chi connectivity index (χ0n) is 12.8. The van der Waals surface area contributed by atoms with Crippen molar-refractivity contribution >= 4 is 10.0 Å². The van der Waals surface area contributed by atoms with Gasteiger partial charge < -0.3 is 0 Å². The smallest absolute Gasteiger partial charge is 0.238 e. The first kappa shape index (κ1) is 16.2. The molecule has 24 heavy (non-hydrogen) atoms. The Kier molecular flexibility index (Phi) is 4.13. The number of sulfonamides is 1. The van der Waals surface area contributed by atoms with Gasteiger partial charge in [-0.15, -0.1) is 0 Å². The highest BCUT2D eigenvalue weighted by atomic mass is 32.2. The molecule has 1 aromatic carbocycles. The van der Waals surface area contributed by atoms with Crippen molar-refractivity contribution in [2.45, 2.75) is 11.8 Å². The molecule has 122 valence electrons. The van der Waals surface area contributed by atoms with E-state index in [9.17, 15) is 12.8 Å². The van der Waals surface area contributed by atoms with Gasteiger partial charge in [0.1, 0.15) is 5.82 Å². The average molecular weight is 343 g/mol. The second-order valence-corrected chi connectivity index (χ2v) is 6.90. The topological polar surface area (TPSA) is 85.9 Å². The molecule has 0 bridgehead atoms. The fourth-order valence-corrected chi connectivity index (χ4v) is 2.96. The molecule has 5 nitrogen and oxygen atoms in total. The lowest BCUT2D eigenvalue weighted by Gasteiger charge is -2.11. The molecule has 0 saturated carbocycles. The summed E-state index contributed by atoms with van der Waals surface area (Å²) in [7, 11) is -3.94. The maximum absolute atomic E-state index is 14.3. The molecule has 2 aromatic heterocycles. The van der Waals surface area contributed by atoms with Gasteiger partial charge in [-0.2, -0.15) is 0 Å². The van der Waals surface area contributed by atoms with Crippen LogP contribution in [0.25, 0.3) is 22.4 Å². The lowest BCUT2D eigenvalue weighted by Crippen LogP contribution is -2.12. The lowest BCUT2D eigenvalue weighted by atomic mass is 9.99. The molecular weight excluding hydrogens is 329 g/mol. The van der Waals surface area contributed by atoms with Crippen molar-refractivity contribution in [2.24, 2.45) is 5.14 Å². The lowest BCUT2D eigenvalue weighted by molar-refractivity contribution is 0.596. The van der Waals surface area contributed by atoms with Crippen LogP contribution >= 0.6 is 0 Å². The number of primary sulfonamides is 1. The summed E-state index contributed by atoms with van der Waals surface area (Å²) < 4.78 is 37.4. The van der Waals surface area contributed by atoms with E-state index in [-0.39, 0.29) is 10.5 Å². The number of hydrogen-bond donors (Lipinski definition) is 1. The van der Waals surface area contributed by atoms with Crippen molar-refractivity contribution in [1.29, 1.82) is 0 Å². The molecule has 3 aromatic rings. The Hall–Kier alpha value is -2.64. The summed E-state index contributed by atoms with van der Waals surface area (Å²) >= 11 is 0. The molecule has 0 fully saturated rings. The maximum atomic E-state index is 14.3. The third-order valence-electron chi connectivity index (χ3n) is 3.52. The molecule has 0 aliphatic rings. The third kappa shape index (κ3) is 3.17. The van der Waals surface area contributed by atoms with E-state index in [2.05, 4.69) is 9.97 Å². The summed E-state index contributed by atoms with van der Waals surface area (Å²) in [6, 6.07) is 8.80. The number of hydrogen-bond acceptors (Lipinski definition) is 4. The molecule has 0 radical (unpaired) electrons. The van der Waals surface area contributed by atoms with Crippen molar-refractivity contribution in [3.05, 3.63) is 66.4 Å². The monoisotopic (exact) mass is 343 g/mol. The molecule has 0 aliphatic heterocycles. The van der Waals surface area contributed by atoms with Crippen LogP contribution in [0.1, 0.15) is 5.56 Å². The molecule has 0 unspecified atom stereocenters. The molecule has 0 saturated heterocycles. The minimum Gasteiger partial charge on any atom is -0.264 e. The van der Waals surface area contributed by atoms with Gasteiger partial charge in [-0.1, -0.05) is 6.07 Å². The number of aromatic nitrogens is 2. The van der Waals surface area contributed by atoms with E-state index in [1.165, 1.54) is 12.3 Å². The van der Waals surface area contributed by atoms with Crippen LogP contribution in [0.5, 0.6) is 0 Å². The van der Waals surface area contributed by atoms with Gasteiger partial charge >= 0.3 is 0 Å². The summed E-state index contributed by atoms with van der Waals surface area (Å²) in [6.07, 6.45) is 4.88. The van der Waals surface area contributed by atoms with E-state index in [1.54, 1.807) is 24.5 Å². The fraction of sp³-hybridized carbons (Fsp3) is 0.0588. The summed E-state index contributed by atoms with van der Waals surface area (Å²) in [5.74, 6) is -0.581. The van der Waals surface area contributed by atoms with E-state index in [0.29, 0.717) is 11.3 Å². The number of rotatable bonds is 3. The standard InChI is InChI=1S/C17H14FN3O2S/c1-11-7-12(10-20-9-11)14-3-2-6-21-17(14)15-8-13(24(19,22)23)4-5-16(15)18/h2-10H,1H3,(H2,19,22,23). The first-order chi connectivity index (χ1) is 11.4. The summed E-state index contributed by atoms with van der Waals surface area (Å²) in [5.41, 5.74) is 2.75. The summed E-state index contributed by atoms with van der Waals surface area (Å²) in [5, 5.41) is 5.14. The van der Waals surface area contributed by atoms with Gasteiger partial charge in [0, 0.05) is 35.3 Å². The van der Waals surface area contributed by atoms with Gasteiger partial charge in [0.2, 0.25) is 10.0 Å². The van der Waals surface area contributed by atoms with Gasteiger partial charge in [0.15, 0.2) is 0 Å². The third-order valence-corrected chi connectivity index (χ3v) is 4.43. The fourth-order valence-electron chi connectivity index (χ4n) is 2.42. The first-order valence-corrected chi connectivity index (χ1v) is 8.60. The Morgan fingerprint density at radius 2 is 1.88 bits per heavy atom. The average Bonchev–Trinajstić information content (AvgIpc) is 2.54. The quantitative estimate of drug-likeness (QED) is 0.792. The highest BCUT2D eigenvalue weighted by Crippen LogP contribution is 2.32. The van der Waals surface area contributed by atoms with E-state index < -0.39 is 15.8 Å². The molecule has 0 spiro atoms. The van der Waals surface area contributed by atoms with E-state index in [4.69, 9.17) is 5.14 Å². The van der Waals surface area contributed by atoms with Crippen LogP contribution in [0.15, 0.2) is 59.9 Å². The molecule has 2 N–H and O–H groups in total. The Balaban J connectivity index is 2.25. The normalized spacial score (nSPS) is 11.5. The highest BCUT2D eigenvalue weighted by Gasteiger charge is 2.17. The number of nitrogens with two attached hydrogens (primary N) is 1. The number of aryl methyl sites for hydroxylation is 1. The Bertz CT molecular complexity index is 1020. The molecule has 3 rings (SSSR count). The minimum atomic E-state index is -3.94. The Morgan fingerprint density at radius 1 is 1.08 bits per heavy atom. The zero-order valence-corrected chi connectivity index (χ0v) is 13.6. The Labute approximate surface area is 139 Å². The van der Waals surface area contributed by atoms with Gasteiger partial charge in [-0.3, -0.25) is 9.97 Å². The maximum Gasteiger partial charge on any atom is 0.238 e. The van der Waals surface area contributed by atoms with Crippen molar-refractivity contribution in [3.63, 3.8) is 0 Å². The van der Waals surface area contributed by atoms with Crippen LogP contribution in [-0.2, 0) is 10.0 Å². The van der Waals surface area contributed by atoms with Crippen LogP contribution in [0.3, 0.4) is 0 Å². The molecule has 0 amide bonds. The van der Waals surface area contributed by atoms with Crippen LogP contribution in [0.4, 0.5) is 4.39 Å². The van der Waals surface area contributed by atoms with E-state index >= 15 is 0 Å². The van der Waals surface area contributed by atoms with Gasteiger partial charge in [0.05, 0.1) is 10.6 Å².